The second-order valence-electron chi connectivity index (χ2n) is 5.55. The molecule has 0 aromatic heterocycles. The van der Waals surface area contributed by atoms with E-state index in [1.54, 1.807) is 0 Å². The predicted molar refractivity (Wildman–Crippen MR) is 76.6 cm³/mol. The topological polar surface area (TPSA) is 41.1 Å². The average Bonchev–Trinajstić information content (AvgIpc) is 2.37. The Morgan fingerprint density at radius 1 is 1.28 bits per heavy atom. The van der Waals surface area contributed by atoms with Crippen molar-refractivity contribution in [3.8, 4) is 0 Å². The highest BCUT2D eigenvalue weighted by atomic mass is 16.1. The van der Waals surface area contributed by atoms with Gasteiger partial charge in [-0.25, -0.2) is 0 Å². The van der Waals surface area contributed by atoms with Gasteiger partial charge in [0.2, 0.25) is 5.91 Å². The smallest absolute Gasteiger partial charge is 0.221 e. The highest BCUT2D eigenvalue weighted by Gasteiger charge is 2.18. The molecular weight excluding hydrogens is 224 g/mol. The molecule has 0 radical (unpaired) electrons. The van der Waals surface area contributed by atoms with E-state index in [1.807, 2.05) is 0 Å². The normalized spacial score (nSPS) is 21.6. The van der Waals surface area contributed by atoms with Crippen molar-refractivity contribution in [3.05, 3.63) is 0 Å². The molecule has 2 unspecified atom stereocenters. The zero-order valence-electron chi connectivity index (χ0n) is 12.1. The van der Waals surface area contributed by atoms with Crippen LogP contribution in [0.5, 0.6) is 0 Å². The zero-order chi connectivity index (χ0) is 13.2. The first-order chi connectivity index (χ1) is 8.76. The van der Waals surface area contributed by atoms with E-state index < -0.39 is 0 Å². The first kappa shape index (κ1) is 15.5. The number of carbonyl (C=O) groups is 1. The highest BCUT2D eigenvalue weighted by Crippen LogP contribution is 2.11. The zero-order valence-corrected chi connectivity index (χ0v) is 12.1. The third-order valence-corrected chi connectivity index (χ3v) is 3.75. The van der Waals surface area contributed by atoms with Gasteiger partial charge in [0.1, 0.15) is 0 Å². The second-order valence-corrected chi connectivity index (χ2v) is 5.55. The molecule has 2 N–H and O–H groups in total. The number of piperidine rings is 1. The highest BCUT2D eigenvalue weighted by molar-refractivity contribution is 5.76. The molecule has 1 amide bonds. The summed E-state index contributed by atoms with van der Waals surface area (Å²) in [7, 11) is 0. The lowest BCUT2D eigenvalue weighted by molar-refractivity contribution is -0.122. The van der Waals surface area contributed by atoms with Gasteiger partial charge in [-0.1, -0.05) is 39.5 Å². The number of hydrogen-bond acceptors (Lipinski definition) is 2. The standard InChI is InChI=1S/C15H30N2O/c1-3-5-9-13(8-4-2)17-15(18)12-14-10-6-7-11-16-14/h13-14,16H,3-12H2,1-2H3,(H,17,18). The Hall–Kier alpha value is -0.570. The summed E-state index contributed by atoms with van der Waals surface area (Å²) in [5, 5.41) is 6.66. The van der Waals surface area contributed by atoms with Crippen LogP contribution in [-0.2, 0) is 4.79 Å². The van der Waals surface area contributed by atoms with Gasteiger partial charge in [-0.15, -0.1) is 0 Å². The minimum atomic E-state index is 0.240. The van der Waals surface area contributed by atoms with E-state index in [-0.39, 0.29) is 5.91 Å². The maximum atomic E-state index is 12.0. The molecule has 1 rings (SSSR count). The van der Waals surface area contributed by atoms with Gasteiger partial charge in [0, 0.05) is 18.5 Å². The molecule has 1 fully saturated rings. The van der Waals surface area contributed by atoms with Crippen molar-refractivity contribution < 1.29 is 4.79 Å². The summed E-state index contributed by atoms with van der Waals surface area (Å²) < 4.78 is 0. The molecule has 1 heterocycles. The van der Waals surface area contributed by atoms with Gasteiger partial charge in [-0.3, -0.25) is 4.79 Å². The molecule has 3 nitrogen and oxygen atoms in total. The van der Waals surface area contributed by atoms with Gasteiger partial charge in [-0.2, -0.15) is 0 Å². The van der Waals surface area contributed by atoms with E-state index in [0.29, 0.717) is 18.5 Å². The van der Waals surface area contributed by atoms with Crippen molar-refractivity contribution in [1.29, 1.82) is 0 Å². The van der Waals surface area contributed by atoms with Gasteiger partial charge in [0.15, 0.2) is 0 Å². The minimum absolute atomic E-state index is 0.240. The maximum Gasteiger partial charge on any atom is 0.221 e. The van der Waals surface area contributed by atoms with E-state index in [1.165, 1.54) is 25.7 Å². The first-order valence-corrected chi connectivity index (χ1v) is 7.79. The lowest BCUT2D eigenvalue weighted by atomic mass is 10.0. The molecule has 0 saturated carbocycles. The number of nitrogens with one attached hydrogen (secondary N) is 2. The fraction of sp³-hybridized carbons (Fsp3) is 0.933. The van der Waals surface area contributed by atoms with Crippen LogP contribution in [0, 0.1) is 0 Å². The molecule has 2 atom stereocenters. The van der Waals surface area contributed by atoms with Crippen LogP contribution in [0.25, 0.3) is 0 Å². The molecule has 106 valence electrons. The number of unbranched alkanes of at least 4 members (excludes halogenated alkanes) is 1. The van der Waals surface area contributed by atoms with Crippen LogP contribution in [0.15, 0.2) is 0 Å². The van der Waals surface area contributed by atoms with Crippen LogP contribution in [0.1, 0.15) is 71.6 Å². The van der Waals surface area contributed by atoms with Crippen molar-refractivity contribution in [3.63, 3.8) is 0 Å². The Balaban J connectivity index is 2.25. The van der Waals surface area contributed by atoms with Gasteiger partial charge in [0.25, 0.3) is 0 Å². The van der Waals surface area contributed by atoms with Crippen molar-refractivity contribution in [1.82, 2.24) is 10.6 Å². The molecule has 0 aromatic carbocycles. The minimum Gasteiger partial charge on any atom is -0.353 e. The lowest BCUT2D eigenvalue weighted by Gasteiger charge is -2.24. The van der Waals surface area contributed by atoms with E-state index in [4.69, 9.17) is 0 Å². The summed E-state index contributed by atoms with van der Waals surface area (Å²) in [5.41, 5.74) is 0. The molecule has 0 bridgehead atoms. The monoisotopic (exact) mass is 254 g/mol. The largest absolute Gasteiger partial charge is 0.353 e. The summed E-state index contributed by atoms with van der Waals surface area (Å²) in [4.78, 5) is 12.0. The van der Waals surface area contributed by atoms with Gasteiger partial charge in [0.05, 0.1) is 0 Å². The van der Waals surface area contributed by atoms with Gasteiger partial charge < -0.3 is 10.6 Å². The molecular formula is C15H30N2O. The number of carbonyl (C=O) groups excluding carboxylic acids is 1. The molecule has 1 aliphatic rings. The van der Waals surface area contributed by atoms with Crippen LogP contribution in [0.2, 0.25) is 0 Å². The van der Waals surface area contributed by atoms with E-state index in [2.05, 4.69) is 24.5 Å². The Morgan fingerprint density at radius 2 is 2.11 bits per heavy atom. The van der Waals surface area contributed by atoms with Crippen LogP contribution >= 0.6 is 0 Å². The van der Waals surface area contributed by atoms with Crippen LogP contribution < -0.4 is 10.6 Å². The van der Waals surface area contributed by atoms with Gasteiger partial charge in [-0.05, 0) is 32.2 Å². The number of hydrogen-bond donors (Lipinski definition) is 2. The third-order valence-electron chi connectivity index (χ3n) is 3.75. The molecule has 1 aliphatic heterocycles. The average molecular weight is 254 g/mol. The molecule has 18 heavy (non-hydrogen) atoms. The molecule has 0 spiro atoms. The molecule has 3 heteroatoms. The summed E-state index contributed by atoms with van der Waals surface area (Å²) >= 11 is 0. The summed E-state index contributed by atoms with van der Waals surface area (Å²) in [6, 6.07) is 0.804. The second kappa shape index (κ2) is 9.37. The Labute approximate surface area is 112 Å². The molecule has 0 aliphatic carbocycles. The van der Waals surface area contributed by atoms with Crippen LogP contribution in [-0.4, -0.2) is 24.5 Å². The Kier molecular flexibility index (Phi) is 8.06. The maximum absolute atomic E-state index is 12.0. The predicted octanol–water partition coefficient (Wildman–Crippen LogP) is 2.99. The SMILES string of the molecule is CCCCC(CCC)NC(=O)CC1CCCCN1. The van der Waals surface area contributed by atoms with Crippen molar-refractivity contribution in [2.24, 2.45) is 0 Å². The first-order valence-electron chi connectivity index (χ1n) is 7.79. The van der Waals surface area contributed by atoms with E-state index >= 15 is 0 Å². The molecule has 0 aromatic rings. The fourth-order valence-electron chi connectivity index (χ4n) is 2.70. The Morgan fingerprint density at radius 3 is 2.72 bits per heavy atom. The van der Waals surface area contributed by atoms with Crippen LogP contribution in [0.3, 0.4) is 0 Å². The van der Waals surface area contributed by atoms with E-state index in [0.717, 1.165) is 32.2 Å². The van der Waals surface area contributed by atoms with Crippen molar-refractivity contribution >= 4 is 5.91 Å². The Bertz CT molecular complexity index is 225. The molecule has 1 saturated heterocycles. The fourth-order valence-corrected chi connectivity index (χ4v) is 2.70. The lowest BCUT2D eigenvalue weighted by Crippen LogP contribution is -2.41. The summed E-state index contributed by atoms with van der Waals surface area (Å²) in [5.74, 6) is 0.240. The number of rotatable bonds is 8. The summed E-state index contributed by atoms with van der Waals surface area (Å²) in [6.07, 6.45) is 10.2. The van der Waals surface area contributed by atoms with Crippen LogP contribution in [0.4, 0.5) is 0 Å². The van der Waals surface area contributed by atoms with Crippen molar-refractivity contribution in [2.45, 2.75) is 83.7 Å². The summed E-state index contributed by atoms with van der Waals surface area (Å²) in [6.45, 7) is 5.47. The quantitative estimate of drug-likeness (QED) is 0.699. The van der Waals surface area contributed by atoms with Gasteiger partial charge >= 0.3 is 0 Å². The third kappa shape index (κ3) is 6.39. The number of amides is 1. The van der Waals surface area contributed by atoms with Crippen molar-refractivity contribution in [2.75, 3.05) is 6.54 Å². The van der Waals surface area contributed by atoms with E-state index in [9.17, 15) is 4.79 Å².